The molecule has 0 aliphatic rings. The number of carbonyl (C=O) groups excluding carboxylic acids is 1. The Morgan fingerprint density at radius 1 is 1.47 bits per heavy atom. The summed E-state index contributed by atoms with van der Waals surface area (Å²) >= 11 is 0. The zero-order chi connectivity index (χ0) is 14.5. The summed E-state index contributed by atoms with van der Waals surface area (Å²) in [7, 11) is 1.43. The Kier molecular flexibility index (Phi) is 5.05. The second-order valence-electron chi connectivity index (χ2n) is 4.82. The fourth-order valence-electron chi connectivity index (χ4n) is 1.28. The molecular formula is C12H19N3O4. The molecule has 0 bridgehead atoms. The first-order chi connectivity index (χ1) is 8.85. The SMILES string of the molecule is COc1ncc(CCO)nc1NC(=O)OC(C)(C)C. The van der Waals surface area contributed by atoms with Crippen LogP contribution >= 0.6 is 0 Å². The topological polar surface area (TPSA) is 93.6 Å². The molecule has 0 saturated heterocycles. The third-order valence-electron chi connectivity index (χ3n) is 1.97. The molecule has 0 spiro atoms. The molecule has 2 N–H and O–H groups in total. The molecule has 0 aliphatic carbocycles. The molecule has 1 aromatic rings. The summed E-state index contributed by atoms with van der Waals surface area (Å²) in [4.78, 5) is 19.8. The summed E-state index contributed by atoms with van der Waals surface area (Å²) in [5.74, 6) is 0.357. The number of amides is 1. The molecule has 1 heterocycles. The van der Waals surface area contributed by atoms with Crippen LogP contribution in [0.25, 0.3) is 0 Å². The molecule has 7 heteroatoms. The lowest BCUT2D eigenvalue weighted by molar-refractivity contribution is 0.0634. The maximum Gasteiger partial charge on any atom is 0.413 e. The van der Waals surface area contributed by atoms with Gasteiger partial charge in [0.15, 0.2) is 5.82 Å². The predicted molar refractivity (Wildman–Crippen MR) is 69.2 cm³/mol. The lowest BCUT2D eigenvalue weighted by atomic mass is 10.2. The minimum absolute atomic E-state index is 0.0487. The monoisotopic (exact) mass is 269 g/mol. The van der Waals surface area contributed by atoms with Crippen LogP contribution in [0.15, 0.2) is 6.20 Å². The molecule has 0 fully saturated rings. The third-order valence-corrected chi connectivity index (χ3v) is 1.97. The van der Waals surface area contributed by atoms with Crippen molar-refractivity contribution < 1.29 is 19.4 Å². The number of nitrogens with one attached hydrogen (secondary N) is 1. The molecule has 106 valence electrons. The Morgan fingerprint density at radius 3 is 2.68 bits per heavy atom. The number of nitrogens with zero attached hydrogens (tertiary/aromatic N) is 2. The van der Waals surface area contributed by atoms with Gasteiger partial charge >= 0.3 is 6.09 Å². The number of hydrogen-bond donors (Lipinski definition) is 2. The summed E-state index contributed by atoms with van der Waals surface area (Å²) in [6.07, 6.45) is 1.19. The second-order valence-corrected chi connectivity index (χ2v) is 4.82. The Hall–Kier alpha value is -1.89. The molecule has 0 aromatic carbocycles. The standard InChI is InChI=1S/C12H19N3O4/c1-12(2,3)19-11(17)15-9-10(18-4)13-7-8(14-9)5-6-16/h7,16H,5-6H2,1-4H3,(H,14,15,17). The summed E-state index contributed by atoms with van der Waals surface area (Å²) in [5.41, 5.74) is -0.0534. The van der Waals surface area contributed by atoms with Gasteiger partial charge in [-0.25, -0.2) is 14.8 Å². The molecule has 0 radical (unpaired) electrons. The highest BCUT2D eigenvalue weighted by Gasteiger charge is 2.18. The van der Waals surface area contributed by atoms with E-state index < -0.39 is 11.7 Å². The van der Waals surface area contributed by atoms with Crippen LogP contribution in [0.3, 0.4) is 0 Å². The number of aromatic nitrogens is 2. The summed E-state index contributed by atoms with van der Waals surface area (Å²) in [5, 5.41) is 11.3. The van der Waals surface area contributed by atoms with Gasteiger partial charge in [0.1, 0.15) is 5.60 Å². The van der Waals surface area contributed by atoms with Gasteiger partial charge in [0.2, 0.25) is 0 Å². The highest BCUT2D eigenvalue weighted by molar-refractivity contribution is 5.84. The van der Waals surface area contributed by atoms with Gasteiger partial charge in [-0.05, 0) is 20.8 Å². The molecule has 7 nitrogen and oxygen atoms in total. The Balaban J connectivity index is 2.85. The van der Waals surface area contributed by atoms with E-state index in [4.69, 9.17) is 14.6 Å². The largest absolute Gasteiger partial charge is 0.478 e. The summed E-state index contributed by atoms with van der Waals surface area (Å²) in [6.45, 7) is 5.24. The Labute approximate surface area is 112 Å². The zero-order valence-corrected chi connectivity index (χ0v) is 11.6. The van der Waals surface area contributed by atoms with Crippen LogP contribution in [0.1, 0.15) is 26.5 Å². The van der Waals surface area contributed by atoms with E-state index in [0.717, 1.165) is 0 Å². The highest BCUT2D eigenvalue weighted by Crippen LogP contribution is 2.19. The normalized spacial score (nSPS) is 11.0. The third kappa shape index (κ3) is 5.09. The quantitative estimate of drug-likeness (QED) is 0.857. The number of anilines is 1. The minimum Gasteiger partial charge on any atom is -0.478 e. The minimum atomic E-state index is -0.638. The van der Waals surface area contributed by atoms with Gasteiger partial charge in [0.05, 0.1) is 19.0 Å². The molecule has 0 unspecified atom stereocenters. The Bertz CT molecular complexity index is 443. The van der Waals surface area contributed by atoms with Crippen molar-refractivity contribution in [2.24, 2.45) is 0 Å². The van der Waals surface area contributed by atoms with E-state index in [9.17, 15) is 4.79 Å². The van der Waals surface area contributed by atoms with Crippen molar-refractivity contribution in [3.63, 3.8) is 0 Å². The first-order valence-corrected chi connectivity index (χ1v) is 5.86. The van der Waals surface area contributed by atoms with Gasteiger partial charge in [-0.2, -0.15) is 0 Å². The first kappa shape index (κ1) is 15.2. The van der Waals surface area contributed by atoms with Crippen LogP contribution in [0.4, 0.5) is 10.6 Å². The van der Waals surface area contributed by atoms with E-state index in [-0.39, 0.29) is 18.3 Å². The van der Waals surface area contributed by atoms with Gasteiger partial charge in [-0.1, -0.05) is 0 Å². The molecule has 0 aliphatic heterocycles. The second kappa shape index (κ2) is 6.33. The number of rotatable bonds is 4. The summed E-state index contributed by atoms with van der Waals surface area (Å²) < 4.78 is 10.1. The maximum absolute atomic E-state index is 11.7. The molecule has 1 rings (SSSR count). The van der Waals surface area contributed by atoms with Crippen molar-refractivity contribution >= 4 is 11.9 Å². The number of carbonyl (C=O) groups is 1. The van der Waals surface area contributed by atoms with Crippen molar-refractivity contribution in [2.45, 2.75) is 32.8 Å². The Morgan fingerprint density at radius 2 is 2.16 bits per heavy atom. The number of methoxy groups -OCH3 is 1. The van der Waals surface area contributed by atoms with E-state index in [1.54, 1.807) is 20.8 Å². The molecular weight excluding hydrogens is 250 g/mol. The number of hydrogen-bond acceptors (Lipinski definition) is 6. The lowest BCUT2D eigenvalue weighted by Crippen LogP contribution is -2.27. The van der Waals surface area contributed by atoms with Gasteiger partial charge in [0, 0.05) is 13.0 Å². The molecule has 0 atom stereocenters. The van der Waals surface area contributed by atoms with Gasteiger partial charge in [-0.15, -0.1) is 0 Å². The van der Waals surface area contributed by atoms with E-state index in [1.165, 1.54) is 13.3 Å². The fourth-order valence-corrected chi connectivity index (χ4v) is 1.28. The first-order valence-electron chi connectivity index (χ1n) is 5.86. The van der Waals surface area contributed by atoms with Crippen molar-refractivity contribution in [2.75, 3.05) is 19.0 Å². The average molecular weight is 269 g/mol. The molecule has 19 heavy (non-hydrogen) atoms. The van der Waals surface area contributed by atoms with Crippen LogP contribution in [-0.4, -0.2) is 40.5 Å². The number of ether oxygens (including phenoxy) is 2. The van der Waals surface area contributed by atoms with E-state index >= 15 is 0 Å². The van der Waals surface area contributed by atoms with Crippen LogP contribution < -0.4 is 10.1 Å². The van der Waals surface area contributed by atoms with Crippen LogP contribution in [-0.2, 0) is 11.2 Å². The van der Waals surface area contributed by atoms with Crippen LogP contribution in [0.2, 0.25) is 0 Å². The van der Waals surface area contributed by atoms with Crippen molar-refractivity contribution in [3.05, 3.63) is 11.9 Å². The van der Waals surface area contributed by atoms with Crippen molar-refractivity contribution in [1.82, 2.24) is 9.97 Å². The van der Waals surface area contributed by atoms with Crippen LogP contribution in [0.5, 0.6) is 5.88 Å². The fraction of sp³-hybridized carbons (Fsp3) is 0.583. The highest BCUT2D eigenvalue weighted by atomic mass is 16.6. The number of aliphatic hydroxyl groups is 1. The molecule has 1 aromatic heterocycles. The van der Waals surface area contributed by atoms with Crippen molar-refractivity contribution in [3.8, 4) is 5.88 Å². The van der Waals surface area contributed by atoms with Gasteiger partial charge < -0.3 is 14.6 Å². The summed E-state index contributed by atoms with van der Waals surface area (Å²) in [6, 6.07) is 0. The number of aliphatic hydroxyl groups excluding tert-OH is 1. The van der Waals surface area contributed by atoms with E-state index in [0.29, 0.717) is 12.1 Å². The predicted octanol–water partition coefficient (Wildman–Crippen LogP) is 1.37. The maximum atomic E-state index is 11.7. The molecule has 1 amide bonds. The van der Waals surface area contributed by atoms with Crippen molar-refractivity contribution in [1.29, 1.82) is 0 Å². The van der Waals surface area contributed by atoms with Gasteiger partial charge in [0.25, 0.3) is 5.88 Å². The lowest BCUT2D eigenvalue weighted by Gasteiger charge is -2.19. The van der Waals surface area contributed by atoms with Crippen LogP contribution in [0, 0.1) is 0 Å². The smallest absolute Gasteiger partial charge is 0.413 e. The average Bonchev–Trinajstić information content (AvgIpc) is 2.27. The van der Waals surface area contributed by atoms with E-state index in [1.807, 2.05) is 0 Å². The zero-order valence-electron chi connectivity index (χ0n) is 11.6. The van der Waals surface area contributed by atoms with E-state index in [2.05, 4.69) is 15.3 Å². The molecule has 0 saturated carbocycles. The van der Waals surface area contributed by atoms with Gasteiger partial charge in [-0.3, -0.25) is 5.32 Å².